The van der Waals surface area contributed by atoms with Crippen LogP contribution in [0.3, 0.4) is 0 Å². The van der Waals surface area contributed by atoms with Gasteiger partial charge in [-0.05, 0) is 35.6 Å². The fourth-order valence-corrected chi connectivity index (χ4v) is 3.84. The number of hydrogen-bond acceptors (Lipinski definition) is 4. The Morgan fingerprint density at radius 3 is 2.03 bits per heavy atom. The Bertz CT molecular complexity index is 1080. The number of ether oxygens (including phenoxy) is 2. The van der Waals surface area contributed by atoms with Crippen LogP contribution >= 0.6 is 11.5 Å². The van der Waals surface area contributed by atoms with Gasteiger partial charge in [-0.1, -0.05) is 13.3 Å². The predicted octanol–water partition coefficient (Wildman–Crippen LogP) is 6.93. The fraction of sp³-hybridized carbons (Fsp3) is 0.286. The van der Waals surface area contributed by atoms with Gasteiger partial charge in [-0.15, -0.1) is 0 Å². The summed E-state index contributed by atoms with van der Waals surface area (Å²) < 4.78 is 111. The van der Waals surface area contributed by atoms with E-state index in [0.717, 1.165) is 31.4 Å². The Hall–Kier alpha value is -2.82. The first-order valence-electron chi connectivity index (χ1n) is 9.26. The van der Waals surface area contributed by atoms with Gasteiger partial charge in [-0.3, -0.25) is 0 Å². The summed E-state index contributed by atoms with van der Waals surface area (Å²) in [6, 6.07) is 3.59. The molecule has 0 bridgehead atoms. The Balaban J connectivity index is 2.05. The van der Waals surface area contributed by atoms with Gasteiger partial charge in [-0.25, -0.2) is 17.6 Å². The first-order chi connectivity index (χ1) is 15.1. The monoisotopic (exact) mass is 479 g/mol. The number of hydrogen-bond donors (Lipinski definition) is 0. The summed E-state index contributed by atoms with van der Waals surface area (Å²) in [6.07, 6.45) is -3.92. The van der Waals surface area contributed by atoms with E-state index in [1.54, 1.807) is 6.92 Å². The highest BCUT2D eigenvalue weighted by Gasteiger charge is 2.39. The van der Waals surface area contributed by atoms with Crippen molar-refractivity contribution in [3.63, 3.8) is 0 Å². The van der Waals surface area contributed by atoms with Gasteiger partial charge in [0, 0.05) is 17.7 Å². The van der Waals surface area contributed by atoms with Gasteiger partial charge in [0.05, 0.1) is 18.4 Å². The Labute approximate surface area is 182 Å². The lowest BCUT2D eigenvalue weighted by molar-refractivity contribution is -0.135. The molecule has 0 aliphatic carbocycles. The van der Waals surface area contributed by atoms with Gasteiger partial charge < -0.3 is 9.47 Å². The van der Waals surface area contributed by atoms with Crippen molar-refractivity contribution in [2.24, 2.45) is 0 Å². The normalized spacial score (nSPS) is 11.7. The predicted molar refractivity (Wildman–Crippen MR) is 104 cm³/mol. The van der Waals surface area contributed by atoms with Crippen molar-refractivity contribution in [3.8, 4) is 22.8 Å². The first-order valence-corrected chi connectivity index (χ1v) is 10.0. The number of aromatic nitrogens is 1. The molecule has 0 saturated carbocycles. The molecule has 172 valence electrons. The summed E-state index contributed by atoms with van der Waals surface area (Å²) in [6.45, 7) is 0.786. The Morgan fingerprint density at radius 2 is 1.53 bits per heavy atom. The molecule has 1 aromatic heterocycles. The topological polar surface area (TPSA) is 31.4 Å². The average molecular weight is 479 g/mol. The van der Waals surface area contributed by atoms with E-state index in [4.69, 9.17) is 9.47 Å². The molecular weight excluding hydrogens is 463 g/mol. The molecule has 11 heteroatoms. The maximum Gasteiger partial charge on any atom is 0.427 e. The summed E-state index contributed by atoms with van der Waals surface area (Å²) >= 11 is -0.0492. The van der Waals surface area contributed by atoms with Gasteiger partial charge in [0.15, 0.2) is 17.4 Å². The first kappa shape index (κ1) is 23.8. The van der Waals surface area contributed by atoms with E-state index in [-0.39, 0.29) is 17.3 Å². The summed E-state index contributed by atoms with van der Waals surface area (Å²) in [5, 5.41) is 0. The molecule has 2 aromatic carbocycles. The van der Waals surface area contributed by atoms with Crippen molar-refractivity contribution < 1.29 is 40.2 Å². The van der Waals surface area contributed by atoms with Crippen molar-refractivity contribution in [1.29, 1.82) is 0 Å². The molecule has 0 amide bonds. The quantitative estimate of drug-likeness (QED) is 0.345. The van der Waals surface area contributed by atoms with Crippen LogP contribution < -0.4 is 9.47 Å². The van der Waals surface area contributed by atoms with Crippen LogP contribution in [0.4, 0.5) is 30.7 Å². The van der Waals surface area contributed by atoms with Crippen molar-refractivity contribution in [3.05, 3.63) is 63.5 Å². The fourth-order valence-electron chi connectivity index (χ4n) is 3.08. The Morgan fingerprint density at radius 1 is 0.938 bits per heavy atom. The minimum Gasteiger partial charge on any atom is -0.497 e. The molecule has 0 spiro atoms. The maximum atomic E-state index is 14.5. The van der Waals surface area contributed by atoms with E-state index >= 15 is 0 Å². The van der Waals surface area contributed by atoms with Crippen LogP contribution in [0.15, 0.2) is 24.3 Å². The molecular formula is C21H16F7NO2S. The van der Waals surface area contributed by atoms with E-state index in [9.17, 15) is 30.7 Å². The number of nitrogens with zero attached hydrogens (tertiary/aromatic N) is 1. The van der Waals surface area contributed by atoms with Crippen LogP contribution in [0.1, 0.15) is 29.3 Å². The third-order valence-corrected chi connectivity index (χ3v) is 5.43. The van der Waals surface area contributed by atoms with Crippen LogP contribution in [0.2, 0.25) is 0 Å². The zero-order valence-electron chi connectivity index (χ0n) is 16.7. The zero-order chi connectivity index (χ0) is 23.6. The lowest BCUT2D eigenvalue weighted by Gasteiger charge is -2.13. The van der Waals surface area contributed by atoms with E-state index in [1.165, 1.54) is 0 Å². The number of methoxy groups -OCH3 is 1. The minimum atomic E-state index is -4.93. The van der Waals surface area contributed by atoms with Crippen molar-refractivity contribution in [1.82, 2.24) is 4.37 Å². The molecule has 0 N–H and O–H groups in total. The second-order valence-corrected chi connectivity index (χ2v) is 7.50. The highest BCUT2D eigenvalue weighted by atomic mass is 32.1. The van der Waals surface area contributed by atoms with E-state index < -0.39 is 63.5 Å². The summed E-state index contributed by atoms with van der Waals surface area (Å²) in [7, 11) is 1.16. The molecule has 0 aliphatic heterocycles. The Kier molecular flexibility index (Phi) is 6.97. The average Bonchev–Trinajstić information content (AvgIpc) is 3.11. The van der Waals surface area contributed by atoms with E-state index in [0.29, 0.717) is 18.4 Å². The molecule has 0 saturated heterocycles. The van der Waals surface area contributed by atoms with Gasteiger partial charge in [-0.2, -0.15) is 17.5 Å². The van der Waals surface area contributed by atoms with Crippen molar-refractivity contribution in [2.45, 2.75) is 32.5 Å². The third kappa shape index (κ3) is 4.82. The van der Waals surface area contributed by atoms with Gasteiger partial charge in [0.1, 0.15) is 28.9 Å². The number of aryl methyl sites for hydroxylation is 1. The van der Waals surface area contributed by atoms with Gasteiger partial charge >= 0.3 is 6.18 Å². The van der Waals surface area contributed by atoms with Gasteiger partial charge in [0.2, 0.25) is 0 Å². The molecule has 3 nitrogen and oxygen atoms in total. The molecule has 0 atom stereocenters. The standard InChI is InChI=1S/C21H16F7NO2S/c1-3-4-10-5-15(24)19(16(25)6-10)31-9-12-18(29-32-20(12)21(26,27)28)17-13(22)7-11(30-2)8-14(17)23/h5-8H,3-4,9H2,1-2H3. The van der Waals surface area contributed by atoms with E-state index in [2.05, 4.69) is 4.37 Å². The van der Waals surface area contributed by atoms with Crippen LogP contribution in [0.25, 0.3) is 11.3 Å². The molecule has 32 heavy (non-hydrogen) atoms. The largest absolute Gasteiger partial charge is 0.497 e. The number of benzene rings is 2. The summed E-state index contributed by atoms with van der Waals surface area (Å²) in [4.78, 5) is -1.30. The van der Waals surface area contributed by atoms with Gasteiger partial charge in [0.25, 0.3) is 0 Å². The molecule has 3 rings (SSSR count). The summed E-state index contributed by atoms with van der Waals surface area (Å²) in [5.41, 5.74) is -1.91. The second-order valence-electron chi connectivity index (χ2n) is 6.73. The minimum absolute atomic E-state index is 0.0492. The molecule has 0 unspecified atom stereocenters. The molecule has 3 aromatic rings. The highest BCUT2D eigenvalue weighted by molar-refractivity contribution is 7.06. The highest BCUT2D eigenvalue weighted by Crippen LogP contribution is 2.42. The third-order valence-electron chi connectivity index (χ3n) is 4.49. The SMILES string of the molecule is CCCc1cc(F)c(OCc2c(-c3c(F)cc(OC)cc3F)nsc2C(F)(F)F)c(F)c1. The lowest BCUT2D eigenvalue weighted by atomic mass is 10.0. The number of alkyl halides is 3. The summed E-state index contributed by atoms with van der Waals surface area (Å²) in [5.74, 6) is -5.73. The van der Waals surface area contributed by atoms with Crippen molar-refractivity contribution in [2.75, 3.05) is 7.11 Å². The van der Waals surface area contributed by atoms with E-state index in [1.807, 2.05) is 0 Å². The number of rotatable bonds is 7. The second kappa shape index (κ2) is 9.35. The molecule has 1 heterocycles. The molecule has 0 aliphatic rings. The lowest BCUT2D eigenvalue weighted by Crippen LogP contribution is -2.10. The van der Waals surface area contributed by atoms with Crippen molar-refractivity contribution >= 4 is 11.5 Å². The van der Waals surface area contributed by atoms with Crippen LogP contribution in [-0.2, 0) is 19.2 Å². The van der Waals surface area contributed by atoms with Crippen LogP contribution in [0.5, 0.6) is 11.5 Å². The number of halogens is 7. The smallest absolute Gasteiger partial charge is 0.427 e. The van der Waals surface area contributed by atoms with Crippen LogP contribution in [0, 0.1) is 23.3 Å². The van der Waals surface area contributed by atoms with Crippen LogP contribution in [-0.4, -0.2) is 11.5 Å². The molecule has 0 radical (unpaired) electrons. The maximum absolute atomic E-state index is 14.5. The zero-order valence-corrected chi connectivity index (χ0v) is 17.6. The molecule has 0 fully saturated rings.